The topological polar surface area (TPSA) is 47.6 Å². The number of alkyl halides is 3. The Balaban J connectivity index is 1.82. The third-order valence-corrected chi connectivity index (χ3v) is 5.28. The molecule has 31 heavy (non-hydrogen) atoms. The van der Waals surface area contributed by atoms with Crippen LogP contribution in [0.25, 0.3) is 0 Å². The maximum absolute atomic E-state index is 13.2. The highest BCUT2D eigenvalue weighted by Crippen LogP contribution is 2.37. The Morgan fingerprint density at radius 1 is 1.06 bits per heavy atom. The second kappa shape index (κ2) is 9.59. The zero-order chi connectivity index (χ0) is 22.6. The Morgan fingerprint density at radius 2 is 1.74 bits per heavy atom. The van der Waals surface area contributed by atoms with Crippen LogP contribution in [0.3, 0.4) is 0 Å². The maximum Gasteiger partial charge on any atom is 0.418 e. The van der Waals surface area contributed by atoms with Crippen LogP contribution in [-0.2, 0) is 12.8 Å². The van der Waals surface area contributed by atoms with Crippen LogP contribution >= 0.6 is 22.6 Å². The standard InChI is InChI=1S/C23H19F3INO3/c1-14-7-9-15(10-8-14)13-31-21-18(27)11-16(12-20(21)30-2)22(29)28-19-6-4-3-5-17(19)23(24,25)26/h3-12H,13H2,1-2H3,(H,28,29). The van der Waals surface area contributed by atoms with Crippen molar-refractivity contribution in [3.63, 3.8) is 0 Å². The molecule has 8 heteroatoms. The fourth-order valence-corrected chi connectivity index (χ4v) is 3.62. The van der Waals surface area contributed by atoms with E-state index in [0.717, 1.165) is 17.2 Å². The number of aryl methyl sites for hydroxylation is 1. The van der Waals surface area contributed by atoms with E-state index in [1.54, 1.807) is 6.07 Å². The van der Waals surface area contributed by atoms with Crippen LogP contribution in [0.1, 0.15) is 27.0 Å². The lowest BCUT2D eigenvalue weighted by Crippen LogP contribution is -2.17. The number of carbonyl (C=O) groups excluding carboxylic acids is 1. The number of benzene rings is 3. The molecular weight excluding hydrogens is 522 g/mol. The number of para-hydroxylation sites is 1. The molecule has 0 unspecified atom stereocenters. The number of rotatable bonds is 6. The molecule has 0 aliphatic rings. The van der Waals surface area contributed by atoms with Gasteiger partial charge in [0.05, 0.1) is 21.9 Å². The summed E-state index contributed by atoms with van der Waals surface area (Å²) in [5.74, 6) is 0.0854. The quantitative estimate of drug-likeness (QED) is 0.365. The van der Waals surface area contributed by atoms with Crippen molar-refractivity contribution in [3.05, 3.63) is 86.5 Å². The van der Waals surface area contributed by atoms with Crippen LogP contribution in [0, 0.1) is 10.5 Å². The molecule has 0 aliphatic carbocycles. The van der Waals surface area contributed by atoms with Gasteiger partial charge in [-0.2, -0.15) is 13.2 Å². The summed E-state index contributed by atoms with van der Waals surface area (Å²) in [6.45, 7) is 2.30. The first-order valence-corrected chi connectivity index (χ1v) is 10.3. The van der Waals surface area contributed by atoms with Gasteiger partial charge in [-0.3, -0.25) is 4.79 Å². The molecular formula is C23H19F3INO3. The smallest absolute Gasteiger partial charge is 0.418 e. The molecule has 0 saturated heterocycles. The summed E-state index contributed by atoms with van der Waals surface area (Å²) in [7, 11) is 1.44. The maximum atomic E-state index is 13.2. The van der Waals surface area contributed by atoms with Crippen molar-refractivity contribution < 1.29 is 27.4 Å². The number of amides is 1. The van der Waals surface area contributed by atoms with Crippen molar-refractivity contribution in [2.24, 2.45) is 0 Å². The molecule has 1 N–H and O–H groups in total. The van der Waals surface area contributed by atoms with E-state index < -0.39 is 17.6 Å². The van der Waals surface area contributed by atoms with Crippen LogP contribution in [0.5, 0.6) is 11.5 Å². The van der Waals surface area contributed by atoms with Gasteiger partial charge in [0.2, 0.25) is 0 Å². The third-order valence-electron chi connectivity index (χ3n) is 4.48. The van der Waals surface area contributed by atoms with Gasteiger partial charge in [-0.25, -0.2) is 0 Å². The zero-order valence-electron chi connectivity index (χ0n) is 16.7. The van der Waals surface area contributed by atoms with E-state index in [9.17, 15) is 18.0 Å². The fraction of sp³-hybridized carbons (Fsp3) is 0.174. The molecule has 0 spiro atoms. The molecule has 4 nitrogen and oxygen atoms in total. The molecule has 0 aliphatic heterocycles. The average Bonchev–Trinajstić information content (AvgIpc) is 2.73. The Bertz CT molecular complexity index is 1080. The number of methoxy groups -OCH3 is 1. The third kappa shape index (κ3) is 5.69. The molecule has 0 heterocycles. The summed E-state index contributed by atoms with van der Waals surface area (Å²) >= 11 is 2.00. The number of nitrogens with one attached hydrogen (secondary N) is 1. The molecule has 0 aromatic heterocycles. The summed E-state index contributed by atoms with van der Waals surface area (Å²) in [5.41, 5.74) is 1.03. The van der Waals surface area contributed by atoms with Gasteiger partial charge >= 0.3 is 6.18 Å². The van der Waals surface area contributed by atoms with Crippen molar-refractivity contribution in [2.45, 2.75) is 19.7 Å². The van der Waals surface area contributed by atoms with E-state index in [1.807, 2.05) is 53.8 Å². The summed E-state index contributed by atoms with van der Waals surface area (Å²) in [6.07, 6.45) is -4.58. The van der Waals surface area contributed by atoms with Crippen LogP contribution < -0.4 is 14.8 Å². The Labute approximate surface area is 191 Å². The predicted molar refractivity (Wildman–Crippen MR) is 121 cm³/mol. The summed E-state index contributed by atoms with van der Waals surface area (Å²) in [5, 5.41) is 2.34. The lowest BCUT2D eigenvalue weighted by Gasteiger charge is -2.16. The van der Waals surface area contributed by atoms with Crippen LogP contribution in [0.2, 0.25) is 0 Å². The van der Waals surface area contributed by atoms with Gasteiger partial charge in [0.25, 0.3) is 5.91 Å². The molecule has 1 amide bonds. The molecule has 0 fully saturated rings. The monoisotopic (exact) mass is 541 g/mol. The van der Waals surface area contributed by atoms with Crippen LogP contribution in [0.4, 0.5) is 18.9 Å². The van der Waals surface area contributed by atoms with E-state index in [0.29, 0.717) is 21.7 Å². The molecule has 0 radical (unpaired) electrons. The second-order valence-corrected chi connectivity index (χ2v) is 7.92. The number of ether oxygens (including phenoxy) is 2. The van der Waals surface area contributed by atoms with Gasteiger partial charge in [-0.15, -0.1) is 0 Å². The van der Waals surface area contributed by atoms with E-state index in [1.165, 1.54) is 31.4 Å². The Morgan fingerprint density at radius 3 is 2.39 bits per heavy atom. The largest absolute Gasteiger partial charge is 0.493 e. The first-order chi connectivity index (χ1) is 14.7. The number of carbonyl (C=O) groups is 1. The minimum atomic E-state index is -4.58. The zero-order valence-corrected chi connectivity index (χ0v) is 18.9. The Hall–Kier alpha value is -2.75. The van der Waals surface area contributed by atoms with Crippen molar-refractivity contribution >= 4 is 34.2 Å². The lowest BCUT2D eigenvalue weighted by atomic mass is 10.1. The van der Waals surface area contributed by atoms with E-state index in [-0.39, 0.29) is 11.3 Å². The molecule has 0 saturated carbocycles. The van der Waals surface area contributed by atoms with E-state index in [4.69, 9.17) is 9.47 Å². The number of hydrogen-bond donors (Lipinski definition) is 1. The first-order valence-electron chi connectivity index (χ1n) is 9.22. The first kappa shape index (κ1) is 22.9. The predicted octanol–water partition coefficient (Wildman–Crippen LogP) is 6.46. The molecule has 0 atom stereocenters. The minimum Gasteiger partial charge on any atom is -0.493 e. The summed E-state index contributed by atoms with van der Waals surface area (Å²) < 4.78 is 51.4. The second-order valence-electron chi connectivity index (χ2n) is 6.76. The van der Waals surface area contributed by atoms with Gasteiger partial charge in [-0.05, 0) is 59.3 Å². The Kier molecular flexibility index (Phi) is 7.09. The molecule has 3 aromatic rings. The fourth-order valence-electron chi connectivity index (χ4n) is 2.86. The van der Waals surface area contributed by atoms with Crippen molar-refractivity contribution in [1.29, 1.82) is 0 Å². The van der Waals surface area contributed by atoms with Crippen molar-refractivity contribution in [3.8, 4) is 11.5 Å². The summed E-state index contributed by atoms with van der Waals surface area (Å²) in [6, 6.07) is 15.7. The minimum absolute atomic E-state index is 0.154. The molecule has 3 rings (SSSR count). The number of hydrogen-bond acceptors (Lipinski definition) is 3. The lowest BCUT2D eigenvalue weighted by molar-refractivity contribution is -0.136. The van der Waals surface area contributed by atoms with Gasteiger partial charge in [0.15, 0.2) is 11.5 Å². The normalized spacial score (nSPS) is 11.2. The van der Waals surface area contributed by atoms with E-state index in [2.05, 4.69) is 5.32 Å². The average molecular weight is 541 g/mol. The number of anilines is 1. The van der Waals surface area contributed by atoms with Crippen molar-refractivity contribution in [2.75, 3.05) is 12.4 Å². The highest BCUT2D eigenvalue weighted by Gasteiger charge is 2.33. The molecule has 162 valence electrons. The van der Waals surface area contributed by atoms with Gasteiger partial charge < -0.3 is 14.8 Å². The van der Waals surface area contributed by atoms with Crippen molar-refractivity contribution in [1.82, 2.24) is 0 Å². The van der Waals surface area contributed by atoms with Gasteiger partial charge in [0.1, 0.15) is 6.61 Å². The number of halogens is 4. The van der Waals surface area contributed by atoms with Gasteiger partial charge in [-0.1, -0.05) is 42.0 Å². The molecule has 3 aromatic carbocycles. The van der Waals surface area contributed by atoms with Gasteiger partial charge in [0, 0.05) is 5.56 Å². The van der Waals surface area contributed by atoms with E-state index >= 15 is 0 Å². The molecule has 0 bridgehead atoms. The SMILES string of the molecule is COc1cc(C(=O)Nc2ccccc2C(F)(F)F)cc(I)c1OCc1ccc(C)cc1. The highest BCUT2D eigenvalue weighted by atomic mass is 127. The van der Waals surface area contributed by atoms with Crippen LogP contribution in [0.15, 0.2) is 60.7 Å². The summed E-state index contributed by atoms with van der Waals surface area (Å²) in [4.78, 5) is 12.7. The highest BCUT2D eigenvalue weighted by molar-refractivity contribution is 14.1. The van der Waals surface area contributed by atoms with Crippen LogP contribution in [-0.4, -0.2) is 13.0 Å².